The Labute approximate surface area is 97.5 Å². The summed E-state index contributed by atoms with van der Waals surface area (Å²) in [4.78, 5) is 10.6. The van der Waals surface area contributed by atoms with Gasteiger partial charge in [0.1, 0.15) is 5.82 Å². The first-order valence-corrected chi connectivity index (χ1v) is 5.02. The van der Waals surface area contributed by atoms with Crippen molar-refractivity contribution in [2.75, 3.05) is 5.32 Å². The fourth-order valence-electron chi connectivity index (χ4n) is 1.62. The van der Waals surface area contributed by atoms with Crippen LogP contribution >= 0.6 is 0 Å². The van der Waals surface area contributed by atoms with Crippen molar-refractivity contribution in [1.29, 1.82) is 0 Å². The van der Waals surface area contributed by atoms with Gasteiger partial charge in [0.25, 0.3) is 0 Å². The number of carbonyl (C=O) groups is 1. The molecule has 86 valence electrons. The van der Waals surface area contributed by atoms with Crippen LogP contribution in [0.5, 0.6) is 0 Å². The highest BCUT2D eigenvalue weighted by Crippen LogP contribution is 2.29. The molecule has 0 unspecified atom stereocenters. The average molecular weight is 231 g/mol. The number of hydrogen-bond acceptors (Lipinski definition) is 1. The zero-order chi connectivity index (χ0) is 12.3. The number of para-hydroxylation sites is 1. The summed E-state index contributed by atoms with van der Waals surface area (Å²) in [6, 6.07) is 12.9. The molecule has 0 aliphatic heterocycles. The van der Waals surface area contributed by atoms with Gasteiger partial charge in [-0.15, -0.1) is 0 Å². The van der Waals surface area contributed by atoms with E-state index >= 15 is 0 Å². The van der Waals surface area contributed by atoms with Crippen LogP contribution in [-0.4, -0.2) is 11.2 Å². The molecule has 4 heteroatoms. The highest BCUT2D eigenvalue weighted by molar-refractivity contribution is 5.90. The molecule has 0 aromatic heterocycles. The molecule has 2 aromatic rings. The van der Waals surface area contributed by atoms with E-state index in [4.69, 9.17) is 5.11 Å². The van der Waals surface area contributed by atoms with E-state index in [1.165, 1.54) is 6.07 Å². The molecule has 2 aromatic carbocycles. The van der Waals surface area contributed by atoms with Gasteiger partial charge in [0.2, 0.25) is 0 Å². The summed E-state index contributed by atoms with van der Waals surface area (Å²) in [6.45, 7) is 0. The molecule has 0 fully saturated rings. The molecule has 0 atom stereocenters. The molecule has 1 amide bonds. The molecule has 3 nitrogen and oxygen atoms in total. The normalized spacial score (nSPS) is 9.94. The zero-order valence-electron chi connectivity index (χ0n) is 8.85. The first-order chi connectivity index (χ1) is 8.18. The maximum Gasteiger partial charge on any atom is 0.409 e. The van der Waals surface area contributed by atoms with Gasteiger partial charge in [-0.2, -0.15) is 0 Å². The van der Waals surface area contributed by atoms with Crippen LogP contribution in [0.1, 0.15) is 0 Å². The summed E-state index contributed by atoms with van der Waals surface area (Å²) < 4.78 is 13.6. The van der Waals surface area contributed by atoms with Gasteiger partial charge in [-0.1, -0.05) is 36.4 Å². The van der Waals surface area contributed by atoms with Crippen molar-refractivity contribution in [2.24, 2.45) is 0 Å². The number of anilines is 1. The van der Waals surface area contributed by atoms with Gasteiger partial charge < -0.3 is 5.11 Å². The lowest BCUT2D eigenvalue weighted by atomic mass is 10.0. The predicted octanol–water partition coefficient (Wildman–Crippen LogP) is 3.58. The van der Waals surface area contributed by atoms with Crippen LogP contribution in [0, 0.1) is 5.82 Å². The van der Waals surface area contributed by atoms with Crippen LogP contribution < -0.4 is 5.32 Å². The van der Waals surface area contributed by atoms with Crippen molar-refractivity contribution in [2.45, 2.75) is 0 Å². The number of halogens is 1. The van der Waals surface area contributed by atoms with Crippen molar-refractivity contribution < 1.29 is 14.3 Å². The van der Waals surface area contributed by atoms with E-state index in [0.29, 0.717) is 16.8 Å². The molecule has 0 spiro atoms. The van der Waals surface area contributed by atoms with Crippen molar-refractivity contribution in [3.63, 3.8) is 0 Å². The first-order valence-electron chi connectivity index (χ1n) is 5.02. The van der Waals surface area contributed by atoms with Gasteiger partial charge in [-0.3, -0.25) is 5.32 Å². The van der Waals surface area contributed by atoms with Gasteiger partial charge in [-0.25, -0.2) is 9.18 Å². The van der Waals surface area contributed by atoms with E-state index in [1.54, 1.807) is 42.5 Å². The molecule has 0 aliphatic rings. The maximum atomic E-state index is 13.6. The van der Waals surface area contributed by atoms with Crippen LogP contribution in [0.4, 0.5) is 14.9 Å². The van der Waals surface area contributed by atoms with Crippen molar-refractivity contribution in [3.05, 3.63) is 54.3 Å². The predicted molar refractivity (Wildman–Crippen MR) is 63.5 cm³/mol. The van der Waals surface area contributed by atoms with Gasteiger partial charge in [-0.05, 0) is 12.1 Å². The van der Waals surface area contributed by atoms with Crippen LogP contribution in [0.2, 0.25) is 0 Å². The van der Waals surface area contributed by atoms with E-state index in [9.17, 15) is 9.18 Å². The molecule has 0 heterocycles. The van der Waals surface area contributed by atoms with E-state index in [0.717, 1.165) is 0 Å². The minimum atomic E-state index is -1.17. The summed E-state index contributed by atoms with van der Waals surface area (Å²) >= 11 is 0. The van der Waals surface area contributed by atoms with Crippen molar-refractivity contribution in [1.82, 2.24) is 0 Å². The SMILES string of the molecule is O=C(O)Nc1ccccc1-c1ccccc1F. The van der Waals surface area contributed by atoms with Crippen molar-refractivity contribution in [3.8, 4) is 11.1 Å². The quantitative estimate of drug-likeness (QED) is 0.829. The van der Waals surface area contributed by atoms with Gasteiger partial charge in [0, 0.05) is 11.1 Å². The lowest BCUT2D eigenvalue weighted by molar-refractivity contribution is 0.210. The molecular formula is C13H10FNO2. The van der Waals surface area contributed by atoms with E-state index < -0.39 is 6.09 Å². The Morgan fingerprint density at radius 3 is 2.24 bits per heavy atom. The van der Waals surface area contributed by atoms with E-state index in [-0.39, 0.29) is 5.82 Å². The van der Waals surface area contributed by atoms with Gasteiger partial charge in [0.15, 0.2) is 0 Å². The second-order valence-electron chi connectivity index (χ2n) is 3.46. The van der Waals surface area contributed by atoms with Crippen LogP contribution in [0.15, 0.2) is 48.5 Å². The van der Waals surface area contributed by atoms with Gasteiger partial charge >= 0.3 is 6.09 Å². The molecule has 0 bridgehead atoms. The number of rotatable bonds is 2. The molecule has 0 radical (unpaired) electrons. The smallest absolute Gasteiger partial charge is 0.409 e. The van der Waals surface area contributed by atoms with E-state index in [2.05, 4.69) is 5.32 Å². The molecule has 0 saturated heterocycles. The number of amides is 1. The fraction of sp³-hybridized carbons (Fsp3) is 0. The Morgan fingerprint density at radius 2 is 1.59 bits per heavy atom. The molecule has 0 saturated carbocycles. The first kappa shape index (κ1) is 11.1. The summed E-state index contributed by atoms with van der Waals surface area (Å²) in [5.74, 6) is -0.382. The summed E-state index contributed by atoms with van der Waals surface area (Å²) in [5, 5.41) is 11.0. The standard InChI is InChI=1S/C13H10FNO2/c14-11-7-3-1-5-9(11)10-6-2-4-8-12(10)15-13(16)17/h1-8,15H,(H,16,17). The Kier molecular flexibility index (Phi) is 3.05. The third-order valence-corrected chi connectivity index (χ3v) is 2.33. The second kappa shape index (κ2) is 4.65. The Morgan fingerprint density at radius 1 is 1.00 bits per heavy atom. The van der Waals surface area contributed by atoms with Crippen LogP contribution in [0.3, 0.4) is 0 Å². The molecule has 0 aliphatic carbocycles. The third kappa shape index (κ3) is 2.42. The molecule has 17 heavy (non-hydrogen) atoms. The topological polar surface area (TPSA) is 49.3 Å². The Balaban J connectivity index is 2.52. The number of nitrogens with one attached hydrogen (secondary N) is 1. The minimum Gasteiger partial charge on any atom is -0.465 e. The van der Waals surface area contributed by atoms with Crippen LogP contribution in [0.25, 0.3) is 11.1 Å². The molecule has 2 N–H and O–H groups in total. The minimum absolute atomic E-state index is 0.366. The van der Waals surface area contributed by atoms with Crippen molar-refractivity contribution >= 4 is 11.8 Å². The monoisotopic (exact) mass is 231 g/mol. The average Bonchev–Trinajstić information content (AvgIpc) is 2.30. The number of benzene rings is 2. The van der Waals surface area contributed by atoms with Gasteiger partial charge in [0.05, 0.1) is 5.69 Å². The highest BCUT2D eigenvalue weighted by atomic mass is 19.1. The van der Waals surface area contributed by atoms with Crippen LogP contribution in [-0.2, 0) is 0 Å². The Hall–Kier alpha value is -2.36. The second-order valence-corrected chi connectivity index (χ2v) is 3.46. The van der Waals surface area contributed by atoms with E-state index in [1.807, 2.05) is 0 Å². The lowest BCUT2D eigenvalue weighted by Gasteiger charge is -2.09. The summed E-state index contributed by atoms with van der Waals surface area (Å²) in [6.07, 6.45) is -1.17. The fourth-order valence-corrected chi connectivity index (χ4v) is 1.62. The summed E-state index contributed by atoms with van der Waals surface area (Å²) in [5.41, 5.74) is 1.26. The summed E-state index contributed by atoms with van der Waals surface area (Å²) in [7, 11) is 0. The largest absolute Gasteiger partial charge is 0.465 e. The number of carboxylic acid groups (broad SMARTS) is 1. The molecule has 2 rings (SSSR count). The third-order valence-electron chi connectivity index (χ3n) is 2.33. The lowest BCUT2D eigenvalue weighted by Crippen LogP contribution is -2.08. The maximum absolute atomic E-state index is 13.6. The highest BCUT2D eigenvalue weighted by Gasteiger charge is 2.09. The molecular weight excluding hydrogens is 221 g/mol. The zero-order valence-corrected chi connectivity index (χ0v) is 8.85. The Bertz CT molecular complexity index is 555. The number of hydrogen-bond donors (Lipinski definition) is 2.